The van der Waals surface area contributed by atoms with Gasteiger partial charge in [0.2, 0.25) is 0 Å². The molecule has 2 heterocycles. The average Bonchev–Trinajstić information content (AvgIpc) is 2.59. The first-order valence-corrected chi connectivity index (χ1v) is 4.07. The number of nitrogens with zero attached hydrogens (tertiary/aromatic N) is 2. The molecule has 2 aromatic heterocycles. The monoisotopic (exact) mass is 174 g/mol. The average molecular weight is 174 g/mol. The summed E-state index contributed by atoms with van der Waals surface area (Å²) >= 11 is 0. The van der Waals surface area contributed by atoms with Crippen molar-refractivity contribution in [3.63, 3.8) is 0 Å². The second-order valence-corrected chi connectivity index (χ2v) is 2.95. The Hall–Kier alpha value is -1.77. The summed E-state index contributed by atoms with van der Waals surface area (Å²) in [7, 11) is 0. The van der Waals surface area contributed by atoms with Crippen LogP contribution in [0.5, 0.6) is 0 Å². The highest BCUT2D eigenvalue weighted by Gasteiger charge is 2.01. The van der Waals surface area contributed by atoms with Crippen LogP contribution in [0.2, 0.25) is 0 Å². The first-order chi connectivity index (χ1) is 6.31. The number of aromatic nitrogens is 1. The van der Waals surface area contributed by atoms with Gasteiger partial charge in [-0.05, 0) is 25.1 Å². The maximum atomic E-state index is 8.59. The summed E-state index contributed by atoms with van der Waals surface area (Å²) in [4.78, 5) is 0. The maximum Gasteiger partial charge on any atom is 0.0852 e. The zero-order valence-electron chi connectivity index (χ0n) is 7.31. The lowest BCUT2D eigenvalue weighted by molar-refractivity contribution is 0.319. The van der Waals surface area contributed by atoms with E-state index in [0.717, 1.165) is 11.1 Å². The van der Waals surface area contributed by atoms with E-state index in [0.29, 0.717) is 5.71 Å². The van der Waals surface area contributed by atoms with Gasteiger partial charge in [0.1, 0.15) is 0 Å². The van der Waals surface area contributed by atoms with Crippen LogP contribution in [-0.4, -0.2) is 15.3 Å². The fourth-order valence-electron chi connectivity index (χ4n) is 1.31. The molecule has 0 spiro atoms. The molecule has 0 unspecified atom stereocenters. The van der Waals surface area contributed by atoms with Crippen molar-refractivity contribution in [1.29, 1.82) is 0 Å². The Labute approximate surface area is 75.9 Å². The van der Waals surface area contributed by atoms with Crippen molar-refractivity contribution in [3.05, 3.63) is 42.2 Å². The Balaban J connectivity index is 2.62. The van der Waals surface area contributed by atoms with Crippen molar-refractivity contribution in [2.24, 2.45) is 5.16 Å². The van der Waals surface area contributed by atoms with Crippen molar-refractivity contribution in [1.82, 2.24) is 4.40 Å². The Morgan fingerprint density at radius 2 is 2.31 bits per heavy atom. The number of pyridine rings is 1. The highest BCUT2D eigenvalue weighted by molar-refractivity contribution is 5.99. The van der Waals surface area contributed by atoms with Gasteiger partial charge in [-0.3, -0.25) is 0 Å². The third-order valence-corrected chi connectivity index (χ3v) is 2.07. The molecular formula is C10H10N2O. The smallest absolute Gasteiger partial charge is 0.0852 e. The van der Waals surface area contributed by atoms with Gasteiger partial charge in [-0.15, -0.1) is 0 Å². The number of rotatable bonds is 1. The van der Waals surface area contributed by atoms with Gasteiger partial charge in [0.15, 0.2) is 0 Å². The van der Waals surface area contributed by atoms with Gasteiger partial charge in [-0.1, -0.05) is 11.2 Å². The quantitative estimate of drug-likeness (QED) is 0.401. The molecule has 0 aliphatic rings. The van der Waals surface area contributed by atoms with Crippen LogP contribution < -0.4 is 0 Å². The van der Waals surface area contributed by atoms with E-state index in [9.17, 15) is 0 Å². The zero-order chi connectivity index (χ0) is 9.26. The van der Waals surface area contributed by atoms with Gasteiger partial charge < -0.3 is 9.61 Å². The summed E-state index contributed by atoms with van der Waals surface area (Å²) in [5.74, 6) is 0. The normalized spacial score (nSPS) is 12.2. The Morgan fingerprint density at radius 3 is 3.00 bits per heavy atom. The lowest BCUT2D eigenvalue weighted by Crippen LogP contribution is -1.90. The van der Waals surface area contributed by atoms with Crippen molar-refractivity contribution < 1.29 is 5.21 Å². The maximum absolute atomic E-state index is 8.59. The third kappa shape index (κ3) is 1.28. The van der Waals surface area contributed by atoms with Gasteiger partial charge in [0.05, 0.1) is 5.71 Å². The van der Waals surface area contributed by atoms with E-state index < -0.39 is 0 Å². The molecule has 0 bridgehead atoms. The fourth-order valence-corrected chi connectivity index (χ4v) is 1.31. The van der Waals surface area contributed by atoms with Crippen LogP contribution in [0.1, 0.15) is 12.5 Å². The molecule has 2 aromatic rings. The van der Waals surface area contributed by atoms with E-state index >= 15 is 0 Å². The summed E-state index contributed by atoms with van der Waals surface area (Å²) in [5, 5.41) is 11.7. The van der Waals surface area contributed by atoms with Crippen LogP contribution in [0.4, 0.5) is 0 Å². The van der Waals surface area contributed by atoms with E-state index in [1.54, 1.807) is 6.92 Å². The summed E-state index contributed by atoms with van der Waals surface area (Å²) in [6.45, 7) is 1.77. The predicted octanol–water partition coefficient (Wildman–Crippen LogP) is 2.14. The van der Waals surface area contributed by atoms with E-state index in [2.05, 4.69) is 5.16 Å². The molecule has 0 aliphatic carbocycles. The molecule has 3 nitrogen and oxygen atoms in total. The molecule has 0 aliphatic heterocycles. The van der Waals surface area contributed by atoms with E-state index in [4.69, 9.17) is 5.21 Å². The standard InChI is InChI=1S/C10H10N2O/c1-8(11-13)9-6-10-4-2-3-5-12(10)7-9/h2-7,13H,1H3. The minimum atomic E-state index is 0.628. The molecule has 0 radical (unpaired) electrons. The van der Waals surface area contributed by atoms with Crippen LogP contribution >= 0.6 is 0 Å². The first kappa shape index (κ1) is 7.86. The highest BCUT2D eigenvalue weighted by atomic mass is 16.4. The molecule has 13 heavy (non-hydrogen) atoms. The summed E-state index contributed by atoms with van der Waals surface area (Å²) in [5.41, 5.74) is 2.66. The topological polar surface area (TPSA) is 37.0 Å². The van der Waals surface area contributed by atoms with Crippen LogP contribution in [-0.2, 0) is 0 Å². The molecule has 0 amide bonds. The van der Waals surface area contributed by atoms with E-state index in [1.807, 2.05) is 41.1 Å². The van der Waals surface area contributed by atoms with Gasteiger partial charge >= 0.3 is 0 Å². The summed E-state index contributed by atoms with van der Waals surface area (Å²) < 4.78 is 1.99. The molecule has 1 N–H and O–H groups in total. The SMILES string of the molecule is CC(=NO)c1cc2ccccn2c1. The predicted molar refractivity (Wildman–Crippen MR) is 51.4 cm³/mol. The molecule has 0 atom stereocenters. The molecular weight excluding hydrogens is 164 g/mol. The molecule has 2 rings (SSSR count). The van der Waals surface area contributed by atoms with Gasteiger partial charge in [0, 0.05) is 23.5 Å². The Morgan fingerprint density at radius 1 is 1.46 bits per heavy atom. The van der Waals surface area contributed by atoms with E-state index in [1.165, 1.54) is 0 Å². The minimum Gasteiger partial charge on any atom is -0.411 e. The molecule has 66 valence electrons. The van der Waals surface area contributed by atoms with Crippen LogP contribution in [0.25, 0.3) is 5.52 Å². The number of fused-ring (bicyclic) bond motifs is 1. The number of hydrogen-bond donors (Lipinski definition) is 1. The lowest BCUT2D eigenvalue weighted by Gasteiger charge is -1.89. The van der Waals surface area contributed by atoms with Crippen LogP contribution in [0.15, 0.2) is 41.8 Å². The number of oxime groups is 1. The third-order valence-electron chi connectivity index (χ3n) is 2.07. The molecule has 0 fully saturated rings. The molecule has 0 saturated carbocycles. The second kappa shape index (κ2) is 2.94. The minimum absolute atomic E-state index is 0.628. The molecule has 0 aromatic carbocycles. The van der Waals surface area contributed by atoms with Gasteiger partial charge in [-0.25, -0.2) is 0 Å². The fraction of sp³-hybridized carbons (Fsp3) is 0.100. The van der Waals surface area contributed by atoms with Crippen molar-refractivity contribution >= 4 is 11.2 Å². The Kier molecular flexibility index (Phi) is 1.77. The first-order valence-electron chi connectivity index (χ1n) is 4.07. The van der Waals surface area contributed by atoms with E-state index in [-0.39, 0.29) is 0 Å². The molecule has 0 saturated heterocycles. The van der Waals surface area contributed by atoms with Crippen molar-refractivity contribution in [2.75, 3.05) is 0 Å². The van der Waals surface area contributed by atoms with Crippen molar-refractivity contribution in [3.8, 4) is 0 Å². The summed E-state index contributed by atoms with van der Waals surface area (Å²) in [6, 6.07) is 7.93. The van der Waals surface area contributed by atoms with Crippen LogP contribution in [0, 0.1) is 0 Å². The largest absolute Gasteiger partial charge is 0.411 e. The van der Waals surface area contributed by atoms with Gasteiger partial charge in [0.25, 0.3) is 0 Å². The van der Waals surface area contributed by atoms with Crippen LogP contribution in [0.3, 0.4) is 0 Å². The Bertz CT molecular complexity index is 424. The lowest BCUT2D eigenvalue weighted by atomic mass is 10.2. The van der Waals surface area contributed by atoms with Crippen molar-refractivity contribution in [2.45, 2.75) is 6.92 Å². The zero-order valence-corrected chi connectivity index (χ0v) is 7.31. The number of hydrogen-bond acceptors (Lipinski definition) is 2. The summed E-state index contributed by atoms with van der Waals surface area (Å²) in [6.07, 6.45) is 3.90. The highest BCUT2D eigenvalue weighted by Crippen LogP contribution is 2.10. The molecule has 3 heteroatoms. The van der Waals surface area contributed by atoms with Gasteiger partial charge in [-0.2, -0.15) is 0 Å². The second-order valence-electron chi connectivity index (χ2n) is 2.95.